The lowest BCUT2D eigenvalue weighted by Gasteiger charge is -2.34. The number of amides is 4. The summed E-state index contributed by atoms with van der Waals surface area (Å²) in [6.07, 6.45) is -0.282. The fourth-order valence-electron chi connectivity index (χ4n) is 3.28. The van der Waals surface area contributed by atoms with Gasteiger partial charge in [-0.25, -0.2) is 4.79 Å². The second kappa shape index (κ2) is 8.41. The molecule has 0 N–H and O–H groups in total. The van der Waals surface area contributed by atoms with E-state index in [0.29, 0.717) is 43.9 Å². The van der Waals surface area contributed by atoms with Crippen LogP contribution in [-0.4, -0.2) is 77.8 Å². The largest absolute Gasteiger partial charge is 0.449 e. The van der Waals surface area contributed by atoms with Crippen molar-refractivity contribution in [1.29, 1.82) is 0 Å². The van der Waals surface area contributed by atoms with Crippen LogP contribution in [0, 0.1) is 5.92 Å². The highest BCUT2D eigenvalue weighted by atomic mass is 16.6. The molecule has 1 aromatic rings. The van der Waals surface area contributed by atoms with E-state index in [4.69, 9.17) is 4.74 Å². The minimum Gasteiger partial charge on any atom is -0.449 e. The van der Waals surface area contributed by atoms with Crippen molar-refractivity contribution in [2.75, 3.05) is 39.3 Å². The summed E-state index contributed by atoms with van der Waals surface area (Å²) in [4.78, 5) is 53.5. The number of ether oxygens (including phenoxy) is 1. The summed E-state index contributed by atoms with van der Waals surface area (Å²) in [5.74, 6) is -0.571. The first kappa shape index (κ1) is 19.9. The van der Waals surface area contributed by atoms with Gasteiger partial charge in [0, 0.05) is 39.1 Å². The summed E-state index contributed by atoms with van der Waals surface area (Å²) in [5, 5.41) is 0. The molecule has 1 aromatic carbocycles. The zero-order chi connectivity index (χ0) is 20.3. The number of rotatable bonds is 5. The van der Waals surface area contributed by atoms with E-state index in [1.165, 1.54) is 0 Å². The minimum atomic E-state index is -0.355. The van der Waals surface area contributed by atoms with Crippen molar-refractivity contribution in [3.8, 4) is 0 Å². The molecule has 1 saturated heterocycles. The van der Waals surface area contributed by atoms with E-state index < -0.39 is 0 Å². The van der Waals surface area contributed by atoms with Crippen molar-refractivity contribution in [3.05, 3.63) is 35.4 Å². The molecule has 2 aliphatic heterocycles. The van der Waals surface area contributed by atoms with Crippen LogP contribution >= 0.6 is 0 Å². The van der Waals surface area contributed by atoms with E-state index >= 15 is 0 Å². The van der Waals surface area contributed by atoms with Crippen molar-refractivity contribution in [2.24, 2.45) is 5.92 Å². The molecule has 2 aliphatic rings. The molecule has 0 atom stereocenters. The Hall–Kier alpha value is -2.90. The summed E-state index contributed by atoms with van der Waals surface area (Å²) < 4.78 is 5.21. The number of hydrogen-bond acceptors (Lipinski definition) is 5. The van der Waals surface area contributed by atoms with Gasteiger partial charge in [0.1, 0.15) is 0 Å². The van der Waals surface area contributed by atoms with Gasteiger partial charge < -0.3 is 14.5 Å². The Kier molecular flexibility index (Phi) is 5.96. The number of carbonyl (C=O) groups excluding carboxylic acids is 4. The van der Waals surface area contributed by atoms with Gasteiger partial charge in [-0.15, -0.1) is 0 Å². The normalized spacial score (nSPS) is 16.6. The number of fused-ring (bicyclic) bond motifs is 1. The molecule has 3 rings (SSSR count). The van der Waals surface area contributed by atoms with Gasteiger partial charge in [-0.05, 0) is 18.1 Å². The molecule has 0 bridgehead atoms. The molecule has 4 amide bonds. The quantitative estimate of drug-likeness (QED) is 0.717. The van der Waals surface area contributed by atoms with Crippen LogP contribution in [0.25, 0.3) is 0 Å². The number of benzene rings is 1. The Morgan fingerprint density at radius 2 is 1.50 bits per heavy atom. The molecule has 0 radical (unpaired) electrons. The van der Waals surface area contributed by atoms with Gasteiger partial charge in [-0.2, -0.15) is 0 Å². The third-order valence-corrected chi connectivity index (χ3v) is 4.86. The summed E-state index contributed by atoms with van der Waals surface area (Å²) in [7, 11) is 0. The van der Waals surface area contributed by atoms with Gasteiger partial charge in [0.15, 0.2) is 0 Å². The molecule has 1 fully saturated rings. The van der Waals surface area contributed by atoms with E-state index in [9.17, 15) is 19.2 Å². The van der Waals surface area contributed by atoms with Crippen LogP contribution in [0.5, 0.6) is 0 Å². The molecule has 150 valence electrons. The Labute approximate surface area is 164 Å². The fourth-order valence-corrected chi connectivity index (χ4v) is 3.28. The van der Waals surface area contributed by atoms with Gasteiger partial charge in [0.25, 0.3) is 11.8 Å². The van der Waals surface area contributed by atoms with E-state index in [-0.39, 0.29) is 42.7 Å². The predicted molar refractivity (Wildman–Crippen MR) is 101 cm³/mol. The Morgan fingerprint density at radius 3 is 2.04 bits per heavy atom. The number of piperazine rings is 1. The third kappa shape index (κ3) is 4.16. The second-order valence-electron chi connectivity index (χ2n) is 7.40. The lowest BCUT2D eigenvalue weighted by molar-refractivity contribution is -0.132. The average molecular weight is 387 g/mol. The highest BCUT2D eigenvalue weighted by Crippen LogP contribution is 2.22. The molecular weight excluding hydrogens is 362 g/mol. The van der Waals surface area contributed by atoms with Gasteiger partial charge in [0.2, 0.25) is 5.91 Å². The zero-order valence-corrected chi connectivity index (χ0v) is 16.2. The second-order valence-corrected chi connectivity index (χ2v) is 7.40. The molecule has 0 aliphatic carbocycles. The predicted octanol–water partition coefficient (Wildman–Crippen LogP) is 1.61. The molecule has 0 spiro atoms. The Balaban J connectivity index is 1.46. The Bertz CT molecular complexity index is 749. The van der Waals surface area contributed by atoms with Crippen molar-refractivity contribution in [2.45, 2.75) is 20.3 Å². The van der Waals surface area contributed by atoms with Crippen molar-refractivity contribution < 1.29 is 23.9 Å². The Morgan fingerprint density at radius 1 is 0.964 bits per heavy atom. The van der Waals surface area contributed by atoms with Gasteiger partial charge in [-0.1, -0.05) is 26.0 Å². The molecule has 0 saturated carbocycles. The van der Waals surface area contributed by atoms with Gasteiger partial charge >= 0.3 is 6.09 Å². The molecule has 8 heteroatoms. The average Bonchev–Trinajstić information content (AvgIpc) is 2.95. The van der Waals surface area contributed by atoms with Crippen molar-refractivity contribution in [1.82, 2.24) is 14.7 Å². The summed E-state index contributed by atoms with van der Waals surface area (Å²) >= 11 is 0. The van der Waals surface area contributed by atoms with Crippen molar-refractivity contribution in [3.63, 3.8) is 0 Å². The molecule has 28 heavy (non-hydrogen) atoms. The summed E-state index contributed by atoms with van der Waals surface area (Å²) in [6.45, 7) is 6.03. The van der Waals surface area contributed by atoms with E-state index in [1.54, 1.807) is 34.1 Å². The van der Waals surface area contributed by atoms with Crippen LogP contribution in [0.3, 0.4) is 0 Å². The first-order valence-corrected chi connectivity index (χ1v) is 9.53. The SMILES string of the molecule is CC(C)COC(=O)N1CCN(C(=O)CCN2C(=O)c3ccccc3C2=O)CC1. The zero-order valence-electron chi connectivity index (χ0n) is 16.2. The third-order valence-electron chi connectivity index (χ3n) is 4.86. The lowest BCUT2D eigenvalue weighted by Crippen LogP contribution is -2.51. The lowest BCUT2D eigenvalue weighted by atomic mass is 10.1. The molecular formula is C20H25N3O5. The van der Waals surface area contributed by atoms with Crippen LogP contribution in [0.4, 0.5) is 4.79 Å². The number of hydrogen-bond donors (Lipinski definition) is 0. The highest BCUT2D eigenvalue weighted by Gasteiger charge is 2.35. The van der Waals surface area contributed by atoms with Gasteiger partial charge in [-0.3, -0.25) is 19.3 Å². The van der Waals surface area contributed by atoms with E-state index in [2.05, 4.69) is 0 Å². The summed E-state index contributed by atoms with van der Waals surface area (Å²) in [6, 6.07) is 6.67. The standard InChI is InChI=1S/C20H25N3O5/c1-14(2)13-28-20(27)22-11-9-21(10-12-22)17(24)7-8-23-18(25)15-5-3-4-6-16(15)19(23)26/h3-6,14H,7-13H2,1-2H3. The maximum atomic E-state index is 12.5. The van der Waals surface area contributed by atoms with Crippen LogP contribution in [-0.2, 0) is 9.53 Å². The fraction of sp³-hybridized carbons (Fsp3) is 0.500. The summed E-state index contributed by atoms with van der Waals surface area (Å²) in [5.41, 5.74) is 0.766. The van der Waals surface area contributed by atoms with Crippen LogP contribution < -0.4 is 0 Å². The maximum Gasteiger partial charge on any atom is 0.409 e. The highest BCUT2D eigenvalue weighted by molar-refractivity contribution is 6.21. The first-order valence-electron chi connectivity index (χ1n) is 9.53. The molecule has 8 nitrogen and oxygen atoms in total. The first-order chi connectivity index (χ1) is 13.4. The number of carbonyl (C=O) groups is 4. The molecule has 0 unspecified atom stereocenters. The smallest absolute Gasteiger partial charge is 0.409 e. The molecule has 2 heterocycles. The number of imide groups is 1. The maximum absolute atomic E-state index is 12.5. The van der Waals surface area contributed by atoms with Crippen LogP contribution in [0.15, 0.2) is 24.3 Å². The van der Waals surface area contributed by atoms with E-state index in [0.717, 1.165) is 4.90 Å². The van der Waals surface area contributed by atoms with Gasteiger partial charge in [0.05, 0.1) is 17.7 Å². The molecule has 0 aromatic heterocycles. The van der Waals surface area contributed by atoms with E-state index in [1.807, 2.05) is 13.8 Å². The monoisotopic (exact) mass is 387 g/mol. The minimum absolute atomic E-state index is 0.0574. The topological polar surface area (TPSA) is 87.2 Å². The van der Waals surface area contributed by atoms with Crippen LogP contribution in [0.2, 0.25) is 0 Å². The van der Waals surface area contributed by atoms with Crippen LogP contribution in [0.1, 0.15) is 41.0 Å². The number of nitrogens with zero attached hydrogens (tertiary/aromatic N) is 3. The van der Waals surface area contributed by atoms with Crippen molar-refractivity contribution >= 4 is 23.8 Å².